The fourth-order valence-electron chi connectivity index (χ4n) is 1.35. The molecule has 0 N–H and O–H groups in total. The van der Waals surface area contributed by atoms with Gasteiger partial charge in [0.2, 0.25) is 0 Å². The normalized spacial score (nSPS) is 9.92. The zero-order valence-electron chi connectivity index (χ0n) is 8.12. The molecular weight excluding hydrogens is 164 g/mol. The summed E-state index contributed by atoms with van der Waals surface area (Å²) in [5.41, 5.74) is 1.96. The van der Waals surface area contributed by atoms with E-state index >= 15 is 0 Å². The van der Waals surface area contributed by atoms with Crippen LogP contribution >= 0.6 is 0 Å². The lowest BCUT2D eigenvalue weighted by Crippen LogP contribution is -2.03. The number of nitrogens with zero attached hydrogens (tertiary/aromatic N) is 4. The number of aromatic nitrogens is 3. The monoisotopic (exact) mass is 178 g/mol. The molecule has 0 unspecified atom stereocenters. The summed E-state index contributed by atoms with van der Waals surface area (Å²) in [5.74, 6) is 0. The molecule has 13 heavy (non-hydrogen) atoms. The first kappa shape index (κ1) is 9.72. The van der Waals surface area contributed by atoms with Gasteiger partial charge in [-0.2, -0.15) is 5.26 Å². The van der Waals surface area contributed by atoms with Crippen molar-refractivity contribution in [2.24, 2.45) is 0 Å². The molecule has 0 aliphatic carbocycles. The average Bonchev–Trinajstić information content (AvgIpc) is 2.50. The van der Waals surface area contributed by atoms with Gasteiger partial charge < -0.3 is 0 Å². The molecule has 0 saturated carbocycles. The lowest BCUT2D eigenvalue weighted by molar-refractivity contribution is 0.593. The Labute approximate surface area is 78.2 Å². The highest BCUT2D eigenvalue weighted by molar-refractivity contribution is 5.14. The van der Waals surface area contributed by atoms with Crippen LogP contribution in [0.25, 0.3) is 0 Å². The van der Waals surface area contributed by atoms with E-state index in [0.717, 1.165) is 30.8 Å². The van der Waals surface area contributed by atoms with Crippen LogP contribution in [-0.4, -0.2) is 15.0 Å². The van der Waals surface area contributed by atoms with Crippen molar-refractivity contribution < 1.29 is 0 Å². The van der Waals surface area contributed by atoms with Crippen LogP contribution in [0.15, 0.2) is 0 Å². The fraction of sp³-hybridized carbons (Fsp3) is 0.667. The van der Waals surface area contributed by atoms with Crippen LogP contribution in [-0.2, 0) is 19.4 Å². The molecule has 1 aromatic rings. The van der Waals surface area contributed by atoms with Crippen molar-refractivity contribution in [3.8, 4) is 6.07 Å². The lowest BCUT2D eigenvalue weighted by Gasteiger charge is -2.01. The molecule has 0 atom stereocenters. The van der Waals surface area contributed by atoms with E-state index in [-0.39, 0.29) is 0 Å². The molecule has 1 heterocycles. The smallest absolute Gasteiger partial charge is 0.0999 e. The van der Waals surface area contributed by atoms with Crippen molar-refractivity contribution in [2.45, 2.75) is 39.7 Å². The summed E-state index contributed by atoms with van der Waals surface area (Å²) in [6, 6.07) is 2.10. The van der Waals surface area contributed by atoms with Crippen LogP contribution in [0, 0.1) is 11.3 Å². The van der Waals surface area contributed by atoms with Crippen molar-refractivity contribution in [2.75, 3.05) is 0 Å². The Balaban J connectivity index is 2.93. The highest BCUT2D eigenvalue weighted by Crippen LogP contribution is 2.08. The Hall–Kier alpha value is -1.37. The first-order chi connectivity index (χ1) is 6.33. The van der Waals surface area contributed by atoms with Gasteiger partial charge >= 0.3 is 0 Å². The Morgan fingerprint density at radius 1 is 1.46 bits per heavy atom. The number of aryl methyl sites for hydroxylation is 1. The molecule has 1 aromatic heterocycles. The Morgan fingerprint density at radius 2 is 2.23 bits per heavy atom. The predicted octanol–water partition coefficient (Wildman–Crippen LogP) is 1.32. The van der Waals surface area contributed by atoms with Crippen LogP contribution < -0.4 is 0 Å². The summed E-state index contributed by atoms with van der Waals surface area (Å²) in [6.45, 7) is 4.97. The van der Waals surface area contributed by atoms with E-state index in [9.17, 15) is 0 Å². The second kappa shape index (κ2) is 4.61. The number of rotatable bonds is 4. The minimum atomic E-state index is 0.370. The van der Waals surface area contributed by atoms with Gasteiger partial charge in [0.1, 0.15) is 0 Å². The molecule has 0 bridgehead atoms. The third-order valence-electron chi connectivity index (χ3n) is 1.95. The third kappa shape index (κ3) is 2.05. The van der Waals surface area contributed by atoms with Crippen LogP contribution in [0.5, 0.6) is 0 Å². The highest BCUT2D eigenvalue weighted by Gasteiger charge is 2.09. The molecule has 0 amide bonds. The van der Waals surface area contributed by atoms with Crippen LogP contribution in [0.4, 0.5) is 0 Å². The zero-order valence-corrected chi connectivity index (χ0v) is 8.12. The van der Waals surface area contributed by atoms with E-state index in [1.54, 1.807) is 0 Å². The van der Waals surface area contributed by atoms with E-state index in [0.29, 0.717) is 6.42 Å². The highest BCUT2D eigenvalue weighted by atomic mass is 15.4. The lowest BCUT2D eigenvalue weighted by atomic mass is 10.2. The summed E-state index contributed by atoms with van der Waals surface area (Å²) < 4.78 is 1.87. The second-order valence-electron chi connectivity index (χ2n) is 2.88. The Bertz CT molecular complexity index is 308. The van der Waals surface area contributed by atoms with Crippen LogP contribution in [0.1, 0.15) is 31.7 Å². The molecule has 0 aromatic carbocycles. The molecule has 4 heteroatoms. The summed E-state index contributed by atoms with van der Waals surface area (Å²) >= 11 is 0. The Kier molecular flexibility index (Phi) is 3.44. The summed E-state index contributed by atoms with van der Waals surface area (Å²) in [6.07, 6.45) is 2.39. The SMILES string of the molecule is CCCc1c(CC#N)nnn1CC. The first-order valence-corrected chi connectivity index (χ1v) is 4.61. The van der Waals surface area contributed by atoms with Gasteiger partial charge in [-0.05, 0) is 13.3 Å². The number of nitriles is 1. The topological polar surface area (TPSA) is 54.5 Å². The molecule has 0 spiro atoms. The molecule has 4 nitrogen and oxygen atoms in total. The molecular formula is C9H14N4. The summed E-state index contributed by atoms with van der Waals surface area (Å²) in [7, 11) is 0. The average molecular weight is 178 g/mol. The van der Waals surface area contributed by atoms with Crippen LogP contribution in [0.2, 0.25) is 0 Å². The molecule has 0 aliphatic heterocycles. The first-order valence-electron chi connectivity index (χ1n) is 4.61. The zero-order chi connectivity index (χ0) is 9.68. The predicted molar refractivity (Wildman–Crippen MR) is 49.0 cm³/mol. The maximum atomic E-state index is 8.57. The van der Waals surface area contributed by atoms with Crippen molar-refractivity contribution in [3.63, 3.8) is 0 Å². The molecule has 1 rings (SSSR count). The molecule has 0 radical (unpaired) electrons. The quantitative estimate of drug-likeness (QED) is 0.698. The van der Waals surface area contributed by atoms with Crippen molar-refractivity contribution in [1.29, 1.82) is 5.26 Å². The number of hydrogen-bond acceptors (Lipinski definition) is 3. The Morgan fingerprint density at radius 3 is 2.77 bits per heavy atom. The van der Waals surface area contributed by atoms with E-state index in [1.807, 2.05) is 11.6 Å². The maximum Gasteiger partial charge on any atom is 0.0999 e. The molecule has 70 valence electrons. The molecule has 0 fully saturated rings. The third-order valence-corrected chi connectivity index (χ3v) is 1.95. The van der Waals surface area contributed by atoms with Crippen molar-refractivity contribution in [3.05, 3.63) is 11.4 Å². The van der Waals surface area contributed by atoms with Gasteiger partial charge in [-0.25, -0.2) is 4.68 Å². The van der Waals surface area contributed by atoms with Gasteiger partial charge in [0, 0.05) is 6.54 Å². The minimum Gasteiger partial charge on any atom is -0.249 e. The fourth-order valence-corrected chi connectivity index (χ4v) is 1.35. The van der Waals surface area contributed by atoms with Gasteiger partial charge in [0.15, 0.2) is 0 Å². The van der Waals surface area contributed by atoms with Gasteiger partial charge in [-0.3, -0.25) is 0 Å². The van der Waals surface area contributed by atoms with Gasteiger partial charge in [0.25, 0.3) is 0 Å². The largest absolute Gasteiger partial charge is 0.249 e. The summed E-state index contributed by atoms with van der Waals surface area (Å²) in [4.78, 5) is 0. The van der Waals surface area contributed by atoms with E-state index in [4.69, 9.17) is 5.26 Å². The van der Waals surface area contributed by atoms with E-state index in [2.05, 4.69) is 23.3 Å². The van der Waals surface area contributed by atoms with Gasteiger partial charge in [0.05, 0.1) is 23.9 Å². The molecule has 0 aliphatic rings. The van der Waals surface area contributed by atoms with Gasteiger partial charge in [-0.1, -0.05) is 18.6 Å². The van der Waals surface area contributed by atoms with Crippen molar-refractivity contribution >= 4 is 0 Å². The molecule has 0 saturated heterocycles. The maximum absolute atomic E-state index is 8.57. The summed E-state index contributed by atoms with van der Waals surface area (Å²) in [5, 5.41) is 16.5. The second-order valence-corrected chi connectivity index (χ2v) is 2.88. The van der Waals surface area contributed by atoms with Gasteiger partial charge in [-0.15, -0.1) is 5.10 Å². The van der Waals surface area contributed by atoms with E-state index < -0.39 is 0 Å². The van der Waals surface area contributed by atoms with Crippen LogP contribution in [0.3, 0.4) is 0 Å². The van der Waals surface area contributed by atoms with E-state index in [1.165, 1.54) is 0 Å². The van der Waals surface area contributed by atoms with Crippen molar-refractivity contribution in [1.82, 2.24) is 15.0 Å². The standard InChI is InChI=1S/C9H14N4/c1-3-5-9-8(6-7-10)11-12-13(9)4-2/h3-6H2,1-2H3. The minimum absolute atomic E-state index is 0.370. The number of hydrogen-bond donors (Lipinski definition) is 0.